The van der Waals surface area contributed by atoms with Crippen molar-refractivity contribution in [2.75, 3.05) is 33.0 Å². The van der Waals surface area contributed by atoms with Gasteiger partial charge in [0.15, 0.2) is 0 Å². The Bertz CT molecular complexity index is 475. The molecule has 1 aromatic rings. The average Bonchev–Trinajstić information content (AvgIpc) is 2.45. The first-order valence-electron chi connectivity index (χ1n) is 6.05. The lowest BCUT2D eigenvalue weighted by Gasteiger charge is -2.09. The van der Waals surface area contributed by atoms with E-state index in [1.807, 2.05) is 19.1 Å². The number of ether oxygens (including phenoxy) is 3. The molecule has 0 heterocycles. The van der Waals surface area contributed by atoms with Crippen LogP contribution in [0.15, 0.2) is 18.2 Å². The summed E-state index contributed by atoms with van der Waals surface area (Å²) in [6.45, 7) is 4.41. The van der Waals surface area contributed by atoms with Crippen LogP contribution in [0.1, 0.15) is 18.1 Å². The smallest absolute Gasteiger partial charge is 0.138 e. The quantitative estimate of drug-likeness (QED) is 0.667. The lowest BCUT2D eigenvalue weighted by Crippen LogP contribution is -2.11. The predicted octanol–water partition coefficient (Wildman–Crippen LogP) is 1.86. The molecule has 0 saturated heterocycles. The predicted molar refractivity (Wildman–Crippen MR) is 68.7 cm³/mol. The van der Waals surface area contributed by atoms with Crippen molar-refractivity contribution < 1.29 is 14.2 Å². The summed E-state index contributed by atoms with van der Waals surface area (Å²) >= 11 is 0. The Balaban J connectivity index is 2.38. The Labute approximate surface area is 112 Å². The zero-order valence-corrected chi connectivity index (χ0v) is 10.9. The highest BCUT2D eigenvalue weighted by Crippen LogP contribution is 2.20. The zero-order chi connectivity index (χ0) is 13.9. The summed E-state index contributed by atoms with van der Waals surface area (Å²) in [4.78, 5) is 0. The molecule has 0 fully saturated rings. The molecule has 1 aromatic carbocycles. The number of nitrogens with zero attached hydrogens (tertiary/aromatic N) is 2. The Morgan fingerprint density at radius 2 is 1.74 bits per heavy atom. The minimum atomic E-state index is 0.263. The van der Waals surface area contributed by atoms with Crippen LogP contribution < -0.4 is 4.74 Å². The summed E-state index contributed by atoms with van der Waals surface area (Å²) in [5.41, 5.74) is 0.580. The number of nitriles is 2. The molecule has 0 aromatic heterocycles. The van der Waals surface area contributed by atoms with Gasteiger partial charge in [0.05, 0.1) is 25.4 Å². The van der Waals surface area contributed by atoms with E-state index in [1.54, 1.807) is 18.2 Å². The van der Waals surface area contributed by atoms with Gasteiger partial charge in [-0.05, 0) is 19.1 Å². The summed E-state index contributed by atoms with van der Waals surface area (Å²) in [7, 11) is 0. The topological polar surface area (TPSA) is 75.3 Å². The SMILES string of the molecule is CCOCCOCCOc1cccc(C#N)c1C#N. The van der Waals surface area contributed by atoms with E-state index in [4.69, 9.17) is 24.7 Å². The lowest BCUT2D eigenvalue weighted by molar-refractivity contribution is 0.0404. The van der Waals surface area contributed by atoms with Gasteiger partial charge in [0.25, 0.3) is 0 Å². The van der Waals surface area contributed by atoms with Crippen LogP contribution in [0.2, 0.25) is 0 Å². The molecule has 0 amide bonds. The molecule has 0 bridgehead atoms. The van der Waals surface area contributed by atoms with Gasteiger partial charge in [0.1, 0.15) is 30.1 Å². The molecule has 0 atom stereocenters. The highest BCUT2D eigenvalue weighted by Gasteiger charge is 2.08. The van der Waals surface area contributed by atoms with Crippen molar-refractivity contribution in [3.05, 3.63) is 29.3 Å². The second-order valence-electron chi connectivity index (χ2n) is 3.56. The largest absolute Gasteiger partial charge is 0.490 e. The molecule has 0 aliphatic heterocycles. The monoisotopic (exact) mass is 260 g/mol. The van der Waals surface area contributed by atoms with Crippen molar-refractivity contribution in [2.24, 2.45) is 0 Å². The normalized spacial score (nSPS) is 9.63. The fraction of sp³-hybridized carbons (Fsp3) is 0.429. The van der Waals surface area contributed by atoms with Gasteiger partial charge >= 0.3 is 0 Å². The van der Waals surface area contributed by atoms with Crippen LogP contribution in [-0.2, 0) is 9.47 Å². The molecule has 0 unspecified atom stereocenters. The van der Waals surface area contributed by atoms with Gasteiger partial charge in [-0.2, -0.15) is 10.5 Å². The molecule has 19 heavy (non-hydrogen) atoms. The molecular weight excluding hydrogens is 244 g/mol. The maximum absolute atomic E-state index is 9.00. The van der Waals surface area contributed by atoms with E-state index < -0.39 is 0 Å². The maximum Gasteiger partial charge on any atom is 0.138 e. The third kappa shape index (κ3) is 4.97. The van der Waals surface area contributed by atoms with Crippen LogP contribution in [-0.4, -0.2) is 33.0 Å². The molecule has 100 valence electrons. The molecule has 0 radical (unpaired) electrons. The fourth-order valence-electron chi connectivity index (χ4n) is 1.43. The van der Waals surface area contributed by atoms with Crippen molar-refractivity contribution >= 4 is 0 Å². The average molecular weight is 260 g/mol. The minimum absolute atomic E-state index is 0.263. The molecular formula is C14H16N2O3. The van der Waals surface area contributed by atoms with Crippen LogP contribution in [0.25, 0.3) is 0 Å². The standard InChI is InChI=1S/C14H16N2O3/c1-2-17-6-7-18-8-9-19-14-5-3-4-12(10-15)13(14)11-16/h3-5H,2,6-9H2,1H3. The van der Waals surface area contributed by atoms with Gasteiger partial charge in [0.2, 0.25) is 0 Å². The highest BCUT2D eigenvalue weighted by molar-refractivity contribution is 5.53. The van der Waals surface area contributed by atoms with Crippen molar-refractivity contribution in [3.8, 4) is 17.9 Å². The van der Waals surface area contributed by atoms with E-state index in [-0.39, 0.29) is 5.56 Å². The van der Waals surface area contributed by atoms with Gasteiger partial charge in [-0.25, -0.2) is 0 Å². The van der Waals surface area contributed by atoms with E-state index >= 15 is 0 Å². The van der Waals surface area contributed by atoms with Crippen molar-refractivity contribution in [1.29, 1.82) is 10.5 Å². The van der Waals surface area contributed by atoms with Gasteiger partial charge < -0.3 is 14.2 Å². The third-order valence-corrected chi connectivity index (χ3v) is 2.32. The van der Waals surface area contributed by atoms with E-state index in [0.717, 1.165) is 0 Å². The maximum atomic E-state index is 9.00. The van der Waals surface area contributed by atoms with Crippen LogP contribution in [0.5, 0.6) is 5.75 Å². The van der Waals surface area contributed by atoms with Gasteiger partial charge in [-0.3, -0.25) is 0 Å². The van der Waals surface area contributed by atoms with Crippen LogP contribution in [0.4, 0.5) is 0 Å². The first-order chi connectivity index (χ1) is 9.33. The molecule has 0 saturated carbocycles. The van der Waals surface area contributed by atoms with E-state index in [2.05, 4.69) is 0 Å². The first kappa shape index (κ1) is 15.0. The Kier molecular flexibility index (Phi) is 7.04. The van der Waals surface area contributed by atoms with Crippen LogP contribution in [0.3, 0.4) is 0 Å². The Morgan fingerprint density at radius 3 is 2.42 bits per heavy atom. The number of benzene rings is 1. The van der Waals surface area contributed by atoms with Crippen molar-refractivity contribution in [2.45, 2.75) is 6.92 Å². The summed E-state index contributed by atoms with van der Waals surface area (Å²) in [6.07, 6.45) is 0. The second kappa shape index (κ2) is 8.93. The number of rotatable bonds is 8. The summed E-state index contributed by atoms with van der Waals surface area (Å²) < 4.78 is 15.8. The Morgan fingerprint density at radius 1 is 1.00 bits per heavy atom. The highest BCUT2D eigenvalue weighted by atomic mass is 16.5. The fourth-order valence-corrected chi connectivity index (χ4v) is 1.43. The lowest BCUT2D eigenvalue weighted by atomic mass is 10.1. The van der Waals surface area contributed by atoms with Crippen LogP contribution >= 0.6 is 0 Å². The van der Waals surface area contributed by atoms with Crippen LogP contribution in [0, 0.1) is 22.7 Å². The Hall–Kier alpha value is -2.08. The van der Waals surface area contributed by atoms with E-state index in [0.29, 0.717) is 44.3 Å². The molecule has 0 aliphatic carbocycles. The number of hydrogen-bond acceptors (Lipinski definition) is 5. The summed E-state index contributed by atoms with van der Waals surface area (Å²) in [5, 5.41) is 17.9. The molecule has 5 nitrogen and oxygen atoms in total. The van der Waals surface area contributed by atoms with Crippen molar-refractivity contribution in [3.63, 3.8) is 0 Å². The van der Waals surface area contributed by atoms with Gasteiger partial charge in [0, 0.05) is 6.61 Å². The van der Waals surface area contributed by atoms with Gasteiger partial charge in [-0.15, -0.1) is 0 Å². The summed E-state index contributed by atoms with van der Waals surface area (Å²) in [6, 6.07) is 8.88. The summed E-state index contributed by atoms with van der Waals surface area (Å²) in [5.74, 6) is 0.412. The third-order valence-electron chi connectivity index (χ3n) is 2.32. The first-order valence-corrected chi connectivity index (χ1v) is 6.05. The van der Waals surface area contributed by atoms with Gasteiger partial charge in [-0.1, -0.05) is 6.07 Å². The molecule has 0 aliphatic rings. The molecule has 0 N–H and O–H groups in total. The van der Waals surface area contributed by atoms with Crippen molar-refractivity contribution in [1.82, 2.24) is 0 Å². The number of hydrogen-bond donors (Lipinski definition) is 0. The molecule has 0 spiro atoms. The second-order valence-corrected chi connectivity index (χ2v) is 3.56. The minimum Gasteiger partial charge on any atom is -0.490 e. The van der Waals surface area contributed by atoms with E-state index in [9.17, 15) is 0 Å². The van der Waals surface area contributed by atoms with E-state index in [1.165, 1.54) is 0 Å². The molecule has 1 rings (SSSR count). The zero-order valence-electron chi connectivity index (χ0n) is 10.9. The molecule has 5 heteroatoms.